The minimum atomic E-state index is -0.409. The van der Waals surface area contributed by atoms with Crippen LogP contribution in [-0.2, 0) is 16.2 Å². The van der Waals surface area contributed by atoms with Crippen molar-refractivity contribution in [2.45, 2.75) is 46.1 Å². The number of oxime groups is 1. The summed E-state index contributed by atoms with van der Waals surface area (Å²) in [5.41, 5.74) is 4.24. The number of ether oxygens (including phenoxy) is 3. The molecule has 2 aliphatic rings. The molecular weight excluding hydrogens is 522 g/mol. The van der Waals surface area contributed by atoms with Crippen molar-refractivity contribution in [1.82, 2.24) is 19.6 Å². The maximum absolute atomic E-state index is 13.6. The van der Waals surface area contributed by atoms with Crippen LogP contribution in [0.5, 0.6) is 17.4 Å². The second-order valence-electron chi connectivity index (χ2n) is 11.0. The van der Waals surface area contributed by atoms with Crippen molar-refractivity contribution in [2.75, 3.05) is 14.2 Å². The number of benzene rings is 2. The molecule has 0 saturated carbocycles. The smallest absolute Gasteiger partial charge is 0.228 e. The Kier molecular flexibility index (Phi) is 6.69. The Morgan fingerprint density at radius 3 is 2.41 bits per heavy atom. The van der Waals surface area contributed by atoms with Crippen molar-refractivity contribution in [3.8, 4) is 17.4 Å². The molecule has 0 bridgehead atoms. The summed E-state index contributed by atoms with van der Waals surface area (Å²) in [7, 11) is 3.25. The predicted molar refractivity (Wildman–Crippen MR) is 151 cm³/mol. The molecule has 1 aliphatic heterocycles. The first kappa shape index (κ1) is 26.5. The molecule has 2 aromatic heterocycles. The van der Waals surface area contributed by atoms with E-state index >= 15 is 0 Å². The average molecular weight is 554 g/mol. The third-order valence-corrected chi connectivity index (χ3v) is 7.46. The largest absolute Gasteiger partial charge is 0.497 e. The number of methoxy groups -OCH3 is 2. The number of Topliss-reactive ketones (excluding diaryl/α,β-unsaturated/α-hetero) is 1. The summed E-state index contributed by atoms with van der Waals surface area (Å²) in [5.74, 6) is 2.68. The zero-order valence-corrected chi connectivity index (χ0v) is 23.7. The summed E-state index contributed by atoms with van der Waals surface area (Å²) < 4.78 is 18.5. The quantitative estimate of drug-likeness (QED) is 0.226. The van der Waals surface area contributed by atoms with Crippen molar-refractivity contribution >= 4 is 17.1 Å². The molecule has 3 heterocycles. The third-order valence-electron chi connectivity index (χ3n) is 7.46. The lowest BCUT2D eigenvalue weighted by molar-refractivity contribution is -0.118. The van der Waals surface area contributed by atoms with Gasteiger partial charge in [0.2, 0.25) is 5.88 Å². The number of allylic oxidation sites excluding steroid dienone is 2. The van der Waals surface area contributed by atoms with Crippen LogP contribution in [0.25, 0.3) is 5.65 Å². The van der Waals surface area contributed by atoms with E-state index in [1.54, 1.807) is 25.1 Å². The van der Waals surface area contributed by atoms with E-state index in [4.69, 9.17) is 24.0 Å². The van der Waals surface area contributed by atoms with Crippen LogP contribution in [0.3, 0.4) is 0 Å². The van der Waals surface area contributed by atoms with Gasteiger partial charge in [0, 0.05) is 24.3 Å². The van der Waals surface area contributed by atoms with Crippen LogP contribution in [-0.4, -0.2) is 45.3 Å². The molecule has 0 N–H and O–H groups in total. The van der Waals surface area contributed by atoms with Gasteiger partial charge in [-0.05, 0) is 59.9 Å². The molecule has 210 valence electrons. The van der Waals surface area contributed by atoms with Crippen LogP contribution < -0.4 is 14.2 Å². The Morgan fingerprint density at radius 1 is 1.05 bits per heavy atom. The minimum absolute atomic E-state index is 0.0546. The van der Waals surface area contributed by atoms with Gasteiger partial charge in [-0.3, -0.25) is 4.79 Å². The second kappa shape index (κ2) is 10.3. The summed E-state index contributed by atoms with van der Waals surface area (Å²) in [6.45, 7) is 6.08. The van der Waals surface area contributed by atoms with Gasteiger partial charge in [0.1, 0.15) is 23.6 Å². The fourth-order valence-electron chi connectivity index (χ4n) is 5.45. The number of nitrogens with zero attached hydrogens (tertiary/aromatic N) is 5. The van der Waals surface area contributed by atoms with Gasteiger partial charge in [-0.25, -0.2) is 14.5 Å². The first-order valence-electron chi connectivity index (χ1n) is 13.4. The molecule has 41 heavy (non-hydrogen) atoms. The summed E-state index contributed by atoms with van der Waals surface area (Å²) in [5, 5.41) is 8.81. The SMILES string of the molecule is COc1ccc(/C(C)=N/OCc2nc3c4c(ncn3n2)OC2=C(C(=O)CC(C)(C)C2)C4c2ccc(OC)cc2)cc1. The second-order valence-corrected chi connectivity index (χ2v) is 11.0. The number of fused-ring (bicyclic) bond motifs is 3. The molecule has 4 aromatic rings. The first-order valence-corrected chi connectivity index (χ1v) is 13.4. The van der Waals surface area contributed by atoms with Crippen molar-refractivity contribution in [1.29, 1.82) is 0 Å². The van der Waals surface area contributed by atoms with Crippen molar-refractivity contribution in [3.05, 3.63) is 88.7 Å². The van der Waals surface area contributed by atoms with E-state index < -0.39 is 5.92 Å². The molecule has 0 amide bonds. The van der Waals surface area contributed by atoms with Gasteiger partial charge < -0.3 is 19.0 Å². The molecule has 10 nitrogen and oxygen atoms in total. The van der Waals surface area contributed by atoms with Crippen LogP contribution >= 0.6 is 0 Å². The Balaban J connectivity index is 1.36. The number of hydrogen-bond donors (Lipinski definition) is 0. The fraction of sp³-hybridized carbons (Fsp3) is 0.323. The van der Waals surface area contributed by atoms with E-state index in [-0.39, 0.29) is 17.8 Å². The van der Waals surface area contributed by atoms with Crippen LogP contribution in [0.15, 0.2) is 71.3 Å². The summed E-state index contributed by atoms with van der Waals surface area (Å²) >= 11 is 0. The number of ketones is 1. The van der Waals surface area contributed by atoms with Gasteiger partial charge in [0.25, 0.3) is 0 Å². The van der Waals surface area contributed by atoms with Crippen LogP contribution in [0, 0.1) is 5.41 Å². The number of carbonyl (C=O) groups excluding carboxylic acids is 1. The molecule has 0 radical (unpaired) electrons. The maximum Gasteiger partial charge on any atom is 0.228 e. The highest BCUT2D eigenvalue weighted by atomic mass is 16.6. The fourth-order valence-corrected chi connectivity index (χ4v) is 5.45. The van der Waals surface area contributed by atoms with E-state index in [0.717, 1.165) is 22.6 Å². The third kappa shape index (κ3) is 5.01. The van der Waals surface area contributed by atoms with Crippen LogP contribution in [0.4, 0.5) is 0 Å². The van der Waals surface area contributed by atoms with E-state index in [1.165, 1.54) is 0 Å². The molecule has 1 unspecified atom stereocenters. The van der Waals surface area contributed by atoms with E-state index in [2.05, 4.69) is 29.1 Å². The molecule has 0 saturated heterocycles. The summed E-state index contributed by atoms with van der Waals surface area (Å²) in [6.07, 6.45) is 2.65. The highest BCUT2D eigenvalue weighted by molar-refractivity contribution is 6.00. The zero-order valence-electron chi connectivity index (χ0n) is 23.7. The van der Waals surface area contributed by atoms with Gasteiger partial charge in [-0.1, -0.05) is 31.1 Å². The summed E-state index contributed by atoms with van der Waals surface area (Å²) in [4.78, 5) is 28.6. The number of carbonyl (C=O) groups is 1. The molecule has 10 heteroatoms. The highest BCUT2D eigenvalue weighted by Crippen LogP contribution is 2.50. The summed E-state index contributed by atoms with van der Waals surface area (Å²) in [6, 6.07) is 15.3. The van der Waals surface area contributed by atoms with E-state index in [9.17, 15) is 4.79 Å². The lowest BCUT2D eigenvalue weighted by Gasteiger charge is -2.37. The lowest BCUT2D eigenvalue weighted by Crippen LogP contribution is -2.33. The Bertz CT molecular complexity index is 1690. The van der Waals surface area contributed by atoms with Gasteiger partial charge >= 0.3 is 0 Å². The molecule has 1 aliphatic carbocycles. The van der Waals surface area contributed by atoms with Crippen molar-refractivity contribution in [3.63, 3.8) is 0 Å². The molecule has 1 atom stereocenters. The molecular formula is C31H31N5O5. The van der Waals surface area contributed by atoms with Gasteiger partial charge in [0.15, 0.2) is 23.9 Å². The number of hydrogen-bond acceptors (Lipinski definition) is 9. The highest BCUT2D eigenvalue weighted by Gasteiger charge is 2.44. The molecule has 0 spiro atoms. The molecule has 2 aromatic carbocycles. The van der Waals surface area contributed by atoms with Crippen molar-refractivity contribution < 1.29 is 23.8 Å². The lowest BCUT2D eigenvalue weighted by atomic mass is 9.70. The zero-order chi connectivity index (χ0) is 28.7. The van der Waals surface area contributed by atoms with Gasteiger partial charge in [-0.15, -0.1) is 5.10 Å². The Morgan fingerprint density at radius 2 is 1.73 bits per heavy atom. The first-order chi connectivity index (χ1) is 19.8. The number of aromatic nitrogens is 4. The molecule has 0 fully saturated rings. The number of rotatable bonds is 7. The predicted octanol–water partition coefficient (Wildman–Crippen LogP) is 5.25. The topological polar surface area (TPSA) is 109 Å². The molecule has 6 rings (SSSR count). The minimum Gasteiger partial charge on any atom is -0.497 e. The maximum atomic E-state index is 13.6. The monoisotopic (exact) mass is 553 g/mol. The van der Waals surface area contributed by atoms with Crippen LogP contribution in [0.1, 0.15) is 62.0 Å². The normalized spacial score (nSPS) is 18.0. The van der Waals surface area contributed by atoms with E-state index in [0.29, 0.717) is 52.8 Å². The average Bonchev–Trinajstić information content (AvgIpc) is 3.38. The Hall–Kier alpha value is -4.73. The van der Waals surface area contributed by atoms with Crippen molar-refractivity contribution in [2.24, 2.45) is 10.6 Å². The van der Waals surface area contributed by atoms with Crippen LogP contribution in [0.2, 0.25) is 0 Å². The van der Waals surface area contributed by atoms with E-state index in [1.807, 2.05) is 55.5 Å². The standard InChI is InChI=1S/C31H31N5O5/c1-18(19-6-10-21(38-4)11-7-19)35-40-16-25-33-29-28-26(20-8-12-22(39-5)13-9-20)27-23(37)14-31(2,3)15-24(27)41-30(28)32-17-36(29)34-25/h6-13,17,26H,14-16H2,1-5H3/b35-18+. The van der Waals surface area contributed by atoms with Gasteiger partial charge in [0.05, 0.1) is 25.5 Å². The Labute approximate surface area is 237 Å². The van der Waals surface area contributed by atoms with Gasteiger partial charge in [-0.2, -0.15) is 0 Å².